The summed E-state index contributed by atoms with van der Waals surface area (Å²) in [6.07, 6.45) is 3.99. The fourth-order valence-corrected chi connectivity index (χ4v) is 1.73. The molecular weight excluding hydrogens is 196 g/mol. The number of rotatable bonds is 1. The molecule has 0 unspecified atom stereocenters. The van der Waals surface area contributed by atoms with Crippen LogP contribution in [0.1, 0.15) is 29.4 Å². The smallest absolute Gasteiger partial charge is 0.0897 e. The van der Waals surface area contributed by atoms with E-state index in [1.165, 1.54) is 11.1 Å². The highest BCUT2D eigenvalue weighted by Crippen LogP contribution is 2.18. The van der Waals surface area contributed by atoms with Crippen molar-refractivity contribution in [2.75, 3.05) is 0 Å². The summed E-state index contributed by atoms with van der Waals surface area (Å²) >= 11 is 0. The molecule has 2 heteroatoms. The van der Waals surface area contributed by atoms with Gasteiger partial charge in [-0.15, -0.1) is 0 Å². The molecule has 0 aliphatic heterocycles. The summed E-state index contributed by atoms with van der Waals surface area (Å²) in [4.78, 5) is 9.20. The van der Waals surface area contributed by atoms with Crippen LogP contribution in [0.4, 0.5) is 0 Å². The molecule has 1 aromatic heterocycles. The van der Waals surface area contributed by atoms with Crippen molar-refractivity contribution in [3.63, 3.8) is 0 Å². The molecule has 0 aliphatic rings. The third-order valence-electron chi connectivity index (χ3n) is 2.82. The van der Waals surface area contributed by atoms with Gasteiger partial charge in [0, 0.05) is 0 Å². The quantitative estimate of drug-likeness (QED) is 0.722. The number of allylic oxidation sites excluding steroid dienone is 1. The Morgan fingerprint density at radius 3 is 2.06 bits per heavy atom. The van der Waals surface area contributed by atoms with E-state index in [2.05, 4.69) is 35.9 Å². The fourth-order valence-electron chi connectivity index (χ4n) is 1.73. The first-order chi connectivity index (χ1) is 7.61. The van der Waals surface area contributed by atoms with E-state index in [0.29, 0.717) is 0 Å². The van der Waals surface area contributed by atoms with E-state index in [-0.39, 0.29) is 0 Å². The van der Waals surface area contributed by atoms with Crippen LogP contribution in [0.5, 0.6) is 0 Å². The van der Waals surface area contributed by atoms with Crippen LogP contribution in [0.15, 0.2) is 18.2 Å². The number of hydrogen-bond acceptors (Lipinski definition) is 2. The van der Waals surface area contributed by atoms with Crippen molar-refractivity contribution in [3.8, 4) is 0 Å². The van der Waals surface area contributed by atoms with E-state index < -0.39 is 0 Å². The Hall–Kier alpha value is -1.70. The zero-order valence-corrected chi connectivity index (χ0v) is 10.2. The zero-order valence-electron chi connectivity index (χ0n) is 10.2. The van der Waals surface area contributed by atoms with Crippen LogP contribution in [0.25, 0.3) is 17.1 Å². The summed E-state index contributed by atoms with van der Waals surface area (Å²) in [5.74, 6) is 0. The molecule has 2 rings (SSSR count). The lowest BCUT2D eigenvalue weighted by Gasteiger charge is -2.06. The molecule has 2 aromatic rings. The molecule has 1 aromatic carbocycles. The molecule has 0 aliphatic carbocycles. The highest BCUT2D eigenvalue weighted by atomic mass is 14.8. The van der Waals surface area contributed by atoms with E-state index in [1.54, 1.807) is 0 Å². The maximum atomic E-state index is 4.62. The molecule has 0 atom stereocenters. The third kappa shape index (κ3) is 1.83. The number of aromatic nitrogens is 2. The number of nitrogens with zero attached hydrogens (tertiary/aromatic N) is 2. The third-order valence-corrected chi connectivity index (χ3v) is 2.82. The topological polar surface area (TPSA) is 25.8 Å². The van der Waals surface area contributed by atoms with Gasteiger partial charge >= 0.3 is 0 Å². The predicted octanol–water partition coefficient (Wildman–Crippen LogP) is 3.59. The van der Waals surface area contributed by atoms with Crippen molar-refractivity contribution >= 4 is 17.1 Å². The minimum absolute atomic E-state index is 0.957. The first-order valence-corrected chi connectivity index (χ1v) is 5.50. The van der Waals surface area contributed by atoms with Gasteiger partial charge in [-0.2, -0.15) is 0 Å². The summed E-state index contributed by atoms with van der Waals surface area (Å²) in [6.45, 7) is 8.19. The first kappa shape index (κ1) is 10.8. The Balaban J connectivity index is 2.74. The molecule has 0 bridgehead atoms. The van der Waals surface area contributed by atoms with Crippen LogP contribution in [-0.4, -0.2) is 9.97 Å². The van der Waals surface area contributed by atoms with Gasteiger partial charge in [0.25, 0.3) is 0 Å². The molecule has 0 N–H and O–H groups in total. The first-order valence-electron chi connectivity index (χ1n) is 5.50. The Labute approximate surface area is 96.1 Å². The van der Waals surface area contributed by atoms with Gasteiger partial charge in [0.1, 0.15) is 0 Å². The standard InChI is InChI=1S/C14H16N2/c1-5-6-12-11(4)15-13-7-9(2)10(3)8-14(13)16-12/h5-8H,1-4H3/b6-5+. The van der Waals surface area contributed by atoms with Crippen molar-refractivity contribution in [2.45, 2.75) is 27.7 Å². The monoisotopic (exact) mass is 212 g/mol. The second kappa shape index (κ2) is 4.05. The van der Waals surface area contributed by atoms with Gasteiger partial charge in [-0.3, -0.25) is 0 Å². The van der Waals surface area contributed by atoms with Crippen molar-refractivity contribution < 1.29 is 0 Å². The Morgan fingerprint density at radius 2 is 1.50 bits per heavy atom. The largest absolute Gasteiger partial charge is 0.249 e. The molecule has 0 saturated heterocycles. The molecule has 82 valence electrons. The van der Waals surface area contributed by atoms with Gasteiger partial charge in [-0.05, 0) is 57.0 Å². The van der Waals surface area contributed by atoms with E-state index >= 15 is 0 Å². The van der Waals surface area contributed by atoms with Crippen molar-refractivity contribution in [1.82, 2.24) is 9.97 Å². The van der Waals surface area contributed by atoms with Crippen molar-refractivity contribution in [2.24, 2.45) is 0 Å². The van der Waals surface area contributed by atoms with E-state index in [1.807, 2.05) is 26.0 Å². The Kier molecular flexibility index (Phi) is 2.73. The average Bonchev–Trinajstić information content (AvgIpc) is 2.23. The highest BCUT2D eigenvalue weighted by molar-refractivity contribution is 5.77. The van der Waals surface area contributed by atoms with Crippen LogP contribution in [-0.2, 0) is 0 Å². The SMILES string of the molecule is C/C=C/c1nc2cc(C)c(C)cc2nc1C. The minimum atomic E-state index is 0.957. The average molecular weight is 212 g/mol. The van der Waals surface area contributed by atoms with Crippen LogP contribution in [0.3, 0.4) is 0 Å². The van der Waals surface area contributed by atoms with Gasteiger partial charge in [0.2, 0.25) is 0 Å². The second-order valence-corrected chi connectivity index (χ2v) is 4.12. The van der Waals surface area contributed by atoms with Crippen molar-refractivity contribution in [1.29, 1.82) is 0 Å². The summed E-state index contributed by atoms with van der Waals surface area (Å²) < 4.78 is 0. The number of aryl methyl sites for hydroxylation is 3. The summed E-state index contributed by atoms with van der Waals surface area (Å²) in [5, 5.41) is 0. The summed E-state index contributed by atoms with van der Waals surface area (Å²) in [5.41, 5.74) is 6.42. The molecule has 0 saturated carbocycles. The molecule has 0 radical (unpaired) electrons. The normalized spacial score (nSPS) is 11.5. The molecule has 1 heterocycles. The minimum Gasteiger partial charge on any atom is -0.249 e. The second-order valence-electron chi connectivity index (χ2n) is 4.12. The summed E-state index contributed by atoms with van der Waals surface area (Å²) in [6, 6.07) is 4.20. The van der Waals surface area contributed by atoms with Crippen LogP contribution < -0.4 is 0 Å². The molecule has 0 spiro atoms. The molecule has 0 amide bonds. The Morgan fingerprint density at radius 1 is 0.938 bits per heavy atom. The van der Waals surface area contributed by atoms with Gasteiger partial charge in [0.15, 0.2) is 0 Å². The van der Waals surface area contributed by atoms with Gasteiger partial charge in [-0.1, -0.05) is 6.08 Å². The Bertz CT molecular complexity index is 568. The van der Waals surface area contributed by atoms with E-state index in [4.69, 9.17) is 0 Å². The lowest BCUT2D eigenvalue weighted by Crippen LogP contribution is -1.95. The van der Waals surface area contributed by atoms with E-state index in [9.17, 15) is 0 Å². The highest BCUT2D eigenvalue weighted by Gasteiger charge is 2.04. The maximum absolute atomic E-state index is 4.62. The molecule has 16 heavy (non-hydrogen) atoms. The van der Waals surface area contributed by atoms with Crippen LogP contribution in [0, 0.1) is 20.8 Å². The number of fused-ring (bicyclic) bond motifs is 1. The summed E-state index contributed by atoms with van der Waals surface area (Å²) in [7, 11) is 0. The van der Waals surface area contributed by atoms with Crippen molar-refractivity contribution in [3.05, 3.63) is 40.7 Å². The maximum Gasteiger partial charge on any atom is 0.0897 e. The molecule has 0 fully saturated rings. The zero-order chi connectivity index (χ0) is 11.7. The van der Waals surface area contributed by atoms with E-state index in [0.717, 1.165) is 22.4 Å². The van der Waals surface area contributed by atoms with Gasteiger partial charge < -0.3 is 0 Å². The molecular formula is C14H16N2. The van der Waals surface area contributed by atoms with Crippen LogP contribution >= 0.6 is 0 Å². The number of benzene rings is 1. The fraction of sp³-hybridized carbons (Fsp3) is 0.286. The van der Waals surface area contributed by atoms with Crippen LogP contribution in [0.2, 0.25) is 0 Å². The number of hydrogen-bond donors (Lipinski definition) is 0. The molecule has 2 nitrogen and oxygen atoms in total. The lowest BCUT2D eigenvalue weighted by atomic mass is 10.1. The van der Waals surface area contributed by atoms with Gasteiger partial charge in [0.05, 0.1) is 22.4 Å². The lowest BCUT2D eigenvalue weighted by molar-refractivity contribution is 1.15. The predicted molar refractivity (Wildman–Crippen MR) is 68.5 cm³/mol. The van der Waals surface area contributed by atoms with Gasteiger partial charge in [-0.25, -0.2) is 9.97 Å².